The first kappa shape index (κ1) is 63.2. The number of carboxylic acids is 2. The summed E-state index contributed by atoms with van der Waals surface area (Å²) < 4.78 is 65.9. The van der Waals surface area contributed by atoms with Crippen LogP contribution in [0, 0.1) is 11.8 Å². The zero-order chi connectivity index (χ0) is 52.9. The molecule has 0 spiro atoms. The van der Waals surface area contributed by atoms with Crippen LogP contribution in [0.5, 0.6) is 0 Å². The zero-order valence-electron chi connectivity index (χ0n) is 42.7. The molecule has 0 unspecified atom stereocenters. The fourth-order valence-corrected chi connectivity index (χ4v) is 6.55. The van der Waals surface area contributed by atoms with Crippen LogP contribution >= 0.6 is 0 Å². The number of ether oxygens (including phenoxy) is 12. The van der Waals surface area contributed by atoms with Crippen molar-refractivity contribution in [3.63, 3.8) is 0 Å². The van der Waals surface area contributed by atoms with Gasteiger partial charge in [0.1, 0.15) is 0 Å². The molecular formula is C52H77N3O19. The van der Waals surface area contributed by atoms with E-state index < -0.39 is 11.9 Å². The van der Waals surface area contributed by atoms with Crippen molar-refractivity contribution >= 4 is 35.3 Å². The molecule has 0 bridgehead atoms. The van der Waals surface area contributed by atoms with E-state index >= 15 is 0 Å². The Labute approximate surface area is 434 Å². The third-order valence-electron chi connectivity index (χ3n) is 10.4. The number of nitrogens with zero attached hydrogens (tertiary/aromatic N) is 2. The smallest absolute Gasteiger partial charge is 0.305 e. The van der Waals surface area contributed by atoms with Gasteiger partial charge in [-0.2, -0.15) is 0 Å². The molecule has 0 aliphatic carbocycles. The lowest BCUT2D eigenvalue weighted by Gasteiger charge is -2.26. The second-order valence-electron chi connectivity index (χ2n) is 16.0. The van der Waals surface area contributed by atoms with Gasteiger partial charge in [0.2, 0.25) is 17.7 Å². The number of hydrogen-bond donors (Lipinski definition) is 3. The van der Waals surface area contributed by atoms with Crippen molar-refractivity contribution in [3.8, 4) is 11.8 Å². The highest BCUT2D eigenvalue weighted by atomic mass is 16.6. The number of para-hydroxylation sites is 1. The number of rotatable bonds is 48. The Morgan fingerprint density at radius 3 is 1.30 bits per heavy atom. The summed E-state index contributed by atoms with van der Waals surface area (Å²) in [7, 11) is 0. The van der Waals surface area contributed by atoms with Crippen LogP contribution in [0.3, 0.4) is 0 Å². The molecule has 3 rings (SSSR count). The number of carboxylic acid groups (broad SMARTS) is 2. The second kappa shape index (κ2) is 43.1. The summed E-state index contributed by atoms with van der Waals surface area (Å²) in [6.45, 7) is 8.85. The van der Waals surface area contributed by atoms with Gasteiger partial charge in [-0.25, -0.2) is 0 Å². The van der Waals surface area contributed by atoms with Crippen LogP contribution in [0.2, 0.25) is 0 Å². The van der Waals surface area contributed by atoms with Crippen molar-refractivity contribution in [2.45, 2.75) is 38.6 Å². The van der Waals surface area contributed by atoms with Gasteiger partial charge in [-0.15, -0.1) is 0 Å². The number of nitrogens with one attached hydrogen (secondary N) is 1. The van der Waals surface area contributed by atoms with Crippen molar-refractivity contribution in [2.75, 3.05) is 183 Å². The largest absolute Gasteiger partial charge is 0.481 e. The molecule has 0 saturated carbocycles. The molecule has 2 aromatic rings. The van der Waals surface area contributed by atoms with Crippen molar-refractivity contribution in [3.05, 3.63) is 65.2 Å². The monoisotopic (exact) mass is 1050 g/mol. The number of carbonyl (C=O) groups is 5. The summed E-state index contributed by atoms with van der Waals surface area (Å²) in [5, 5.41) is 20.0. The molecule has 22 heteroatoms. The van der Waals surface area contributed by atoms with Crippen LogP contribution in [0.25, 0.3) is 0 Å². The van der Waals surface area contributed by atoms with Crippen LogP contribution in [-0.4, -0.2) is 223 Å². The molecule has 0 saturated heterocycles. The van der Waals surface area contributed by atoms with E-state index in [0.29, 0.717) is 165 Å². The highest BCUT2D eigenvalue weighted by Crippen LogP contribution is 2.26. The molecule has 1 aliphatic heterocycles. The minimum Gasteiger partial charge on any atom is -0.481 e. The molecule has 1 heterocycles. The van der Waals surface area contributed by atoms with E-state index in [4.69, 9.17) is 67.1 Å². The molecule has 22 nitrogen and oxygen atoms in total. The Hall–Kier alpha value is -5.13. The summed E-state index contributed by atoms with van der Waals surface area (Å²) in [4.78, 5) is 63.4. The van der Waals surface area contributed by atoms with Gasteiger partial charge < -0.3 is 82.2 Å². The molecule has 0 aromatic heterocycles. The quantitative estimate of drug-likeness (QED) is 0.0634. The Bertz CT molecular complexity index is 1870. The van der Waals surface area contributed by atoms with Crippen molar-refractivity contribution in [1.29, 1.82) is 0 Å². The number of anilines is 1. The van der Waals surface area contributed by atoms with Gasteiger partial charge in [0.15, 0.2) is 0 Å². The molecule has 0 radical (unpaired) electrons. The maximum absolute atomic E-state index is 13.4. The Kier molecular flexibility index (Phi) is 36.8. The molecular weight excluding hydrogens is 971 g/mol. The Balaban J connectivity index is 1.18. The summed E-state index contributed by atoms with van der Waals surface area (Å²) in [6.07, 6.45) is 0.171. The number of hydrogen-bond acceptors (Lipinski definition) is 17. The van der Waals surface area contributed by atoms with Gasteiger partial charge in [0.05, 0.1) is 190 Å². The lowest BCUT2D eigenvalue weighted by atomic mass is 10.0. The Morgan fingerprint density at radius 1 is 0.446 bits per heavy atom. The van der Waals surface area contributed by atoms with Gasteiger partial charge in [-0.05, 0) is 23.8 Å². The van der Waals surface area contributed by atoms with Crippen LogP contribution < -0.4 is 10.2 Å². The minimum absolute atomic E-state index is 0.0493. The van der Waals surface area contributed by atoms with Crippen LogP contribution in [-0.2, 0) is 87.4 Å². The van der Waals surface area contributed by atoms with E-state index in [-0.39, 0.29) is 69.6 Å². The summed E-state index contributed by atoms with van der Waals surface area (Å²) in [5.41, 5.74) is 3.32. The van der Waals surface area contributed by atoms with Crippen LogP contribution in [0.4, 0.5) is 5.69 Å². The molecule has 3 amide bonds. The van der Waals surface area contributed by atoms with Gasteiger partial charge in [-0.3, -0.25) is 24.0 Å². The van der Waals surface area contributed by atoms with E-state index in [1.54, 1.807) is 9.80 Å². The number of fused-ring (bicyclic) bond motifs is 2. The molecule has 2 aromatic carbocycles. The predicted octanol–water partition coefficient (Wildman–Crippen LogP) is 2.20. The lowest BCUT2D eigenvalue weighted by molar-refractivity contribution is -0.139. The average molecular weight is 1050 g/mol. The average Bonchev–Trinajstić information content (AvgIpc) is 3.39. The second-order valence-corrected chi connectivity index (χ2v) is 16.0. The number of carbonyl (C=O) groups excluding carboxylic acids is 3. The van der Waals surface area contributed by atoms with Gasteiger partial charge >= 0.3 is 11.9 Å². The summed E-state index contributed by atoms with van der Waals surface area (Å²) in [6, 6.07) is 15.3. The molecule has 1 aliphatic rings. The first-order valence-electron chi connectivity index (χ1n) is 25.1. The van der Waals surface area contributed by atoms with Gasteiger partial charge in [0, 0.05) is 43.6 Å². The maximum Gasteiger partial charge on any atom is 0.305 e. The molecule has 0 fully saturated rings. The minimum atomic E-state index is -0.911. The van der Waals surface area contributed by atoms with E-state index in [2.05, 4.69) is 17.2 Å². The SMILES string of the molecule is O=C(O)CCOCCOCCOCCOCCN(CCOCCOCCOCCOCCC(=O)O)C(=O)CCOCCOCCOCCOCCNC(=O)CCC(=O)N1Cc2ccccc2C#Cc2ccccc21. The van der Waals surface area contributed by atoms with E-state index in [9.17, 15) is 24.0 Å². The van der Waals surface area contributed by atoms with Gasteiger partial charge in [0.25, 0.3) is 0 Å². The third-order valence-corrected chi connectivity index (χ3v) is 10.4. The summed E-state index contributed by atoms with van der Waals surface area (Å²) >= 11 is 0. The van der Waals surface area contributed by atoms with Crippen molar-refractivity contribution < 1.29 is 91.0 Å². The maximum atomic E-state index is 13.4. The predicted molar refractivity (Wildman–Crippen MR) is 268 cm³/mol. The lowest BCUT2D eigenvalue weighted by Crippen LogP contribution is -2.37. The van der Waals surface area contributed by atoms with E-state index in [1.807, 2.05) is 48.5 Å². The van der Waals surface area contributed by atoms with Crippen LogP contribution in [0.15, 0.2) is 48.5 Å². The van der Waals surface area contributed by atoms with E-state index in [1.165, 1.54) is 0 Å². The first-order valence-corrected chi connectivity index (χ1v) is 25.1. The third kappa shape index (κ3) is 32.2. The number of aliphatic carboxylic acids is 2. The standard InChI is InChI=1S/C52H77N3O19/c56-48(11-12-50(58)55-43-46-7-2-1-5-44(46)9-10-45-6-3-4-8-47(45)55)53-16-22-66-28-34-72-40-37-69-31-25-63-19-13-49(57)54(17-23-67-29-35-73-41-38-70-32-26-64-20-14-51(59)60)18-24-68-30-36-74-42-39-71-33-27-65-21-15-52(61)62/h1-8H,11-43H2,(H,53,56)(H,59,60)(H,61,62). The Morgan fingerprint density at radius 2 is 0.824 bits per heavy atom. The number of benzene rings is 2. The zero-order valence-corrected chi connectivity index (χ0v) is 42.7. The fourth-order valence-electron chi connectivity index (χ4n) is 6.55. The topological polar surface area (TPSA) is 255 Å². The molecule has 0 atom stereocenters. The highest BCUT2D eigenvalue weighted by Gasteiger charge is 2.22. The molecule has 3 N–H and O–H groups in total. The van der Waals surface area contributed by atoms with Gasteiger partial charge in [-0.1, -0.05) is 42.2 Å². The summed E-state index contributed by atoms with van der Waals surface area (Å²) in [5.74, 6) is 4.07. The first-order chi connectivity index (χ1) is 36.2. The van der Waals surface area contributed by atoms with Crippen LogP contribution in [0.1, 0.15) is 48.8 Å². The van der Waals surface area contributed by atoms with Crippen molar-refractivity contribution in [1.82, 2.24) is 10.2 Å². The number of amides is 3. The molecule has 414 valence electrons. The van der Waals surface area contributed by atoms with E-state index in [0.717, 1.165) is 22.4 Å². The van der Waals surface area contributed by atoms with Crippen molar-refractivity contribution in [2.24, 2.45) is 0 Å². The molecule has 74 heavy (non-hydrogen) atoms. The highest BCUT2D eigenvalue weighted by molar-refractivity contribution is 5.97. The fraction of sp³-hybridized carbons (Fsp3) is 0.635. The normalized spacial score (nSPS) is 11.8.